The molecule has 0 radical (unpaired) electrons. The number of aromatic nitrogens is 3. The summed E-state index contributed by atoms with van der Waals surface area (Å²) in [6.45, 7) is 2.03. The van der Waals surface area contributed by atoms with Gasteiger partial charge in [0.1, 0.15) is 0 Å². The van der Waals surface area contributed by atoms with E-state index in [1.54, 1.807) is 6.20 Å². The molecule has 0 aliphatic rings. The molecule has 0 bridgehead atoms. The molecule has 2 rings (SSSR count). The Bertz CT molecular complexity index is 417. The van der Waals surface area contributed by atoms with Crippen molar-refractivity contribution in [2.24, 2.45) is 0 Å². The molecule has 0 aliphatic heterocycles. The number of halogens is 1. The summed E-state index contributed by atoms with van der Waals surface area (Å²) < 4.78 is 2.40. The third kappa shape index (κ3) is 2.25. The summed E-state index contributed by atoms with van der Waals surface area (Å²) in [6.07, 6.45) is 3.52. The zero-order chi connectivity index (χ0) is 9.80. The van der Waals surface area contributed by atoms with E-state index in [4.69, 9.17) is 0 Å². The average Bonchev–Trinajstić information content (AvgIpc) is 2.23. The second-order valence-corrected chi connectivity index (χ2v) is 5.52. The molecular formula is C10H9IN3-. The summed E-state index contributed by atoms with van der Waals surface area (Å²) in [4.78, 5) is 4.25. The van der Waals surface area contributed by atoms with Gasteiger partial charge in [0.25, 0.3) is 0 Å². The van der Waals surface area contributed by atoms with Crippen molar-refractivity contribution in [3.8, 4) is 0 Å². The van der Waals surface area contributed by atoms with Gasteiger partial charge in [0.2, 0.25) is 0 Å². The van der Waals surface area contributed by atoms with E-state index in [0.29, 0.717) is 0 Å². The maximum absolute atomic E-state index is 4.25. The maximum atomic E-state index is 4.25. The van der Waals surface area contributed by atoms with Crippen LogP contribution in [0.4, 0.5) is 0 Å². The Balaban J connectivity index is 2.24. The average molecular weight is 298 g/mol. The van der Waals surface area contributed by atoms with Crippen molar-refractivity contribution < 1.29 is 21.2 Å². The molecule has 0 atom stereocenters. The normalized spacial score (nSPS) is 10.4. The van der Waals surface area contributed by atoms with Crippen LogP contribution in [0.1, 0.15) is 5.69 Å². The summed E-state index contributed by atoms with van der Waals surface area (Å²) in [7, 11) is 0. The first kappa shape index (κ1) is 9.51. The van der Waals surface area contributed by atoms with Crippen LogP contribution in [0.15, 0.2) is 36.7 Å². The van der Waals surface area contributed by atoms with Crippen molar-refractivity contribution in [2.45, 2.75) is 6.92 Å². The molecule has 0 saturated heterocycles. The third-order valence-corrected chi connectivity index (χ3v) is 4.53. The van der Waals surface area contributed by atoms with Gasteiger partial charge in [-0.05, 0) is 0 Å². The van der Waals surface area contributed by atoms with Gasteiger partial charge in [-0.3, -0.25) is 0 Å². The first-order chi connectivity index (χ1) is 6.86. The van der Waals surface area contributed by atoms with E-state index in [1.165, 1.54) is 3.57 Å². The molecular weight excluding hydrogens is 289 g/mol. The molecule has 2 aromatic heterocycles. The van der Waals surface area contributed by atoms with Crippen molar-refractivity contribution in [3.05, 3.63) is 49.6 Å². The zero-order valence-corrected chi connectivity index (χ0v) is 9.84. The molecule has 2 heterocycles. The molecule has 0 N–H and O–H groups in total. The van der Waals surface area contributed by atoms with E-state index >= 15 is 0 Å². The zero-order valence-electron chi connectivity index (χ0n) is 7.68. The van der Waals surface area contributed by atoms with Crippen LogP contribution in [0.5, 0.6) is 0 Å². The van der Waals surface area contributed by atoms with E-state index in [0.717, 1.165) is 9.39 Å². The predicted octanol–water partition coefficient (Wildman–Crippen LogP) is -1.69. The number of hydrogen-bond acceptors (Lipinski definition) is 3. The molecule has 0 saturated carbocycles. The van der Waals surface area contributed by atoms with Crippen LogP contribution in [0.25, 0.3) is 0 Å². The Labute approximate surface area is 92.9 Å². The fourth-order valence-electron chi connectivity index (χ4n) is 1.00. The molecule has 0 spiro atoms. The van der Waals surface area contributed by atoms with E-state index in [-0.39, 0.29) is 21.2 Å². The van der Waals surface area contributed by atoms with Crippen LogP contribution in [-0.4, -0.2) is 15.2 Å². The van der Waals surface area contributed by atoms with Gasteiger partial charge in [0.05, 0.1) is 0 Å². The molecule has 0 unspecified atom stereocenters. The predicted molar refractivity (Wildman–Crippen MR) is 48.4 cm³/mol. The van der Waals surface area contributed by atoms with Crippen LogP contribution < -0.4 is 21.2 Å². The van der Waals surface area contributed by atoms with Gasteiger partial charge < -0.3 is 0 Å². The van der Waals surface area contributed by atoms with Crippen LogP contribution in [0.2, 0.25) is 0 Å². The summed E-state index contributed by atoms with van der Waals surface area (Å²) in [5.74, 6) is 0. The summed E-state index contributed by atoms with van der Waals surface area (Å²) in [5, 5.41) is 7.95. The van der Waals surface area contributed by atoms with Crippen LogP contribution in [-0.2, 0) is 0 Å². The molecule has 14 heavy (non-hydrogen) atoms. The van der Waals surface area contributed by atoms with Crippen molar-refractivity contribution in [2.75, 3.05) is 0 Å². The van der Waals surface area contributed by atoms with Gasteiger partial charge in [-0.15, -0.1) is 0 Å². The van der Waals surface area contributed by atoms with E-state index in [9.17, 15) is 0 Å². The Morgan fingerprint density at radius 3 is 2.71 bits per heavy atom. The van der Waals surface area contributed by atoms with Crippen molar-refractivity contribution in [1.82, 2.24) is 15.2 Å². The van der Waals surface area contributed by atoms with Gasteiger partial charge in [0, 0.05) is 0 Å². The van der Waals surface area contributed by atoms with E-state index in [2.05, 4.69) is 21.2 Å². The first-order valence-corrected chi connectivity index (χ1v) is 6.36. The van der Waals surface area contributed by atoms with Crippen LogP contribution >= 0.6 is 0 Å². The third-order valence-electron chi connectivity index (χ3n) is 1.68. The quantitative estimate of drug-likeness (QED) is 0.621. The van der Waals surface area contributed by atoms with E-state index in [1.807, 2.05) is 31.3 Å². The number of rotatable bonds is 2. The minimum absolute atomic E-state index is 0.229. The number of nitrogens with zero attached hydrogens (tertiary/aromatic N) is 3. The van der Waals surface area contributed by atoms with Crippen LogP contribution in [0, 0.1) is 14.2 Å². The summed E-state index contributed by atoms with van der Waals surface area (Å²) in [6, 6.07) is 8.03. The second-order valence-electron chi connectivity index (χ2n) is 2.71. The number of hydrogen-bond donors (Lipinski definition) is 0. The number of pyridine rings is 1. The fraction of sp³-hybridized carbons (Fsp3) is 0.100. The van der Waals surface area contributed by atoms with Crippen molar-refractivity contribution in [3.63, 3.8) is 0 Å². The topological polar surface area (TPSA) is 38.7 Å². The molecule has 72 valence electrons. The summed E-state index contributed by atoms with van der Waals surface area (Å²) >= 11 is -0.229. The van der Waals surface area contributed by atoms with Gasteiger partial charge in [-0.2, -0.15) is 0 Å². The van der Waals surface area contributed by atoms with Gasteiger partial charge in [-0.1, -0.05) is 0 Å². The monoisotopic (exact) mass is 298 g/mol. The van der Waals surface area contributed by atoms with Crippen LogP contribution in [0.3, 0.4) is 0 Å². The molecule has 0 amide bonds. The second kappa shape index (κ2) is 4.45. The Morgan fingerprint density at radius 1 is 1.14 bits per heavy atom. The molecule has 0 aromatic carbocycles. The Hall–Kier alpha value is -1.04. The molecule has 4 heteroatoms. The fourth-order valence-corrected chi connectivity index (χ4v) is 3.13. The number of aryl methyl sites for hydroxylation is 1. The molecule has 3 nitrogen and oxygen atoms in total. The molecule has 0 fully saturated rings. The van der Waals surface area contributed by atoms with Gasteiger partial charge in [0.15, 0.2) is 0 Å². The van der Waals surface area contributed by atoms with Crippen molar-refractivity contribution in [1.29, 1.82) is 0 Å². The van der Waals surface area contributed by atoms with Gasteiger partial charge >= 0.3 is 92.9 Å². The summed E-state index contributed by atoms with van der Waals surface area (Å²) in [5.41, 5.74) is 1.10. The molecule has 0 aliphatic carbocycles. The Kier molecular flexibility index (Phi) is 3.03. The molecule has 2 aromatic rings. The minimum atomic E-state index is -0.229. The van der Waals surface area contributed by atoms with E-state index < -0.39 is 0 Å². The standard InChI is InChI=1S/C10H9IN3/c1-8-9(4-2-6-12-8)11-10-5-3-7-13-14-10/h2-7H,1H3/q-1. The van der Waals surface area contributed by atoms with Crippen molar-refractivity contribution >= 4 is 0 Å². The first-order valence-electron chi connectivity index (χ1n) is 4.20. The van der Waals surface area contributed by atoms with Gasteiger partial charge in [-0.25, -0.2) is 0 Å². The SMILES string of the molecule is Cc1ncccc1[I-]c1cccnn1. The Morgan fingerprint density at radius 2 is 2.00 bits per heavy atom.